The lowest BCUT2D eigenvalue weighted by Gasteiger charge is -2.27. The average Bonchev–Trinajstić information content (AvgIpc) is 2.36. The van der Waals surface area contributed by atoms with Crippen molar-refractivity contribution in [1.29, 1.82) is 0 Å². The number of hydrogen-bond donors (Lipinski definition) is 1. The zero-order chi connectivity index (χ0) is 13.9. The molecule has 4 nitrogen and oxygen atoms in total. The highest BCUT2D eigenvalue weighted by molar-refractivity contribution is 7.89. The fraction of sp³-hybridized carbons (Fsp3) is 0.538. The molecule has 0 fully saturated rings. The van der Waals surface area contributed by atoms with Crippen molar-refractivity contribution in [2.24, 2.45) is 5.92 Å². The molecule has 1 unspecified atom stereocenters. The Hall–Kier alpha value is -1.07. The summed E-state index contributed by atoms with van der Waals surface area (Å²) in [5.41, 5.74) is 0.897. The van der Waals surface area contributed by atoms with Gasteiger partial charge >= 0.3 is 0 Å². The third-order valence-electron chi connectivity index (χ3n) is 3.36. The lowest BCUT2D eigenvalue weighted by molar-refractivity contribution is 0.316. The van der Waals surface area contributed by atoms with Gasteiger partial charge in [-0.1, -0.05) is 13.8 Å². The third kappa shape index (κ3) is 3.03. The molecule has 0 aromatic heterocycles. The van der Waals surface area contributed by atoms with Crippen LogP contribution in [-0.4, -0.2) is 32.9 Å². The highest BCUT2D eigenvalue weighted by atomic mass is 32.2. The quantitative estimate of drug-likeness (QED) is 0.893. The molecule has 1 atom stereocenters. The van der Waals surface area contributed by atoms with E-state index in [2.05, 4.69) is 5.32 Å². The van der Waals surface area contributed by atoms with E-state index in [0.717, 1.165) is 5.69 Å². The Morgan fingerprint density at radius 2 is 1.61 bits per heavy atom. The molecule has 5 heteroatoms. The predicted molar refractivity (Wildman–Crippen MR) is 75.2 cm³/mol. The molecule has 1 aromatic rings. The number of hydrogen-bond acceptors (Lipinski definition) is 3. The van der Waals surface area contributed by atoms with Gasteiger partial charge in [-0.3, -0.25) is 0 Å². The van der Waals surface area contributed by atoms with Crippen molar-refractivity contribution in [2.45, 2.75) is 31.7 Å². The van der Waals surface area contributed by atoms with Gasteiger partial charge in [-0.2, -0.15) is 4.31 Å². The van der Waals surface area contributed by atoms with Gasteiger partial charge in [-0.15, -0.1) is 0 Å². The summed E-state index contributed by atoms with van der Waals surface area (Å²) in [4.78, 5) is 0.330. The standard InChI is InChI=1S/C13H22N2O2S/c1-10(2)11(3)15(5)18(16,17)13-8-6-12(14-4)7-9-13/h6-11,14H,1-5H3. The molecule has 0 saturated heterocycles. The zero-order valence-electron chi connectivity index (χ0n) is 11.6. The van der Waals surface area contributed by atoms with Crippen LogP contribution in [0.5, 0.6) is 0 Å². The molecule has 0 aliphatic rings. The molecular weight excluding hydrogens is 248 g/mol. The number of benzene rings is 1. The van der Waals surface area contributed by atoms with Crippen LogP contribution in [0.25, 0.3) is 0 Å². The molecule has 1 N–H and O–H groups in total. The summed E-state index contributed by atoms with van der Waals surface area (Å²) in [6.45, 7) is 5.95. The van der Waals surface area contributed by atoms with Crippen molar-refractivity contribution in [3.8, 4) is 0 Å². The molecular formula is C13H22N2O2S. The number of anilines is 1. The van der Waals surface area contributed by atoms with Crippen LogP contribution < -0.4 is 5.32 Å². The second-order valence-electron chi connectivity index (χ2n) is 4.78. The van der Waals surface area contributed by atoms with E-state index in [1.165, 1.54) is 4.31 Å². The van der Waals surface area contributed by atoms with E-state index >= 15 is 0 Å². The summed E-state index contributed by atoms with van der Waals surface area (Å²) in [5, 5.41) is 2.97. The third-order valence-corrected chi connectivity index (χ3v) is 5.32. The smallest absolute Gasteiger partial charge is 0.243 e. The molecule has 0 spiro atoms. The normalized spacial score (nSPS) is 13.9. The molecule has 0 saturated carbocycles. The largest absolute Gasteiger partial charge is 0.388 e. The summed E-state index contributed by atoms with van der Waals surface area (Å²) in [5.74, 6) is 0.279. The van der Waals surface area contributed by atoms with Crippen molar-refractivity contribution in [3.05, 3.63) is 24.3 Å². The molecule has 0 radical (unpaired) electrons. The van der Waals surface area contributed by atoms with Gasteiger partial charge in [0.05, 0.1) is 4.90 Å². The number of sulfonamides is 1. The number of nitrogens with one attached hydrogen (secondary N) is 1. The minimum absolute atomic E-state index is 0.0287. The monoisotopic (exact) mass is 270 g/mol. The van der Waals surface area contributed by atoms with Crippen LogP contribution in [-0.2, 0) is 10.0 Å². The van der Waals surface area contributed by atoms with Crippen molar-refractivity contribution in [2.75, 3.05) is 19.4 Å². The van der Waals surface area contributed by atoms with Gasteiger partial charge in [-0.05, 0) is 37.1 Å². The van der Waals surface area contributed by atoms with E-state index in [1.54, 1.807) is 38.4 Å². The number of rotatable bonds is 5. The van der Waals surface area contributed by atoms with Crippen LogP contribution in [0.3, 0.4) is 0 Å². The SMILES string of the molecule is CNc1ccc(S(=O)(=O)N(C)C(C)C(C)C)cc1. The molecule has 0 aliphatic carbocycles. The maximum Gasteiger partial charge on any atom is 0.243 e. The Labute approximate surface area is 110 Å². The van der Waals surface area contributed by atoms with Crippen LogP contribution >= 0.6 is 0 Å². The minimum Gasteiger partial charge on any atom is -0.388 e. The van der Waals surface area contributed by atoms with Gasteiger partial charge in [0.25, 0.3) is 0 Å². The topological polar surface area (TPSA) is 49.4 Å². The van der Waals surface area contributed by atoms with Crippen molar-refractivity contribution >= 4 is 15.7 Å². The Morgan fingerprint density at radius 3 is 2.00 bits per heavy atom. The van der Waals surface area contributed by atoms with E-state index in [0.29, 0.717) is 4.90 Å². The Balaban J connectivity index is 3.05. The molecule has 0 heterocycles. The number of nitrogens with zero attached hydrogens (tertiary/aromatic N) is 1. The van der Waals surface area contributed by atoms with Crippen LogP contribution in [0.1, 0.15) is 20.8 Å². The molecule has 1 rings (SSSR count). The molecule has 0 amide bonds. The maximum absolute atomic E-state index is 12.4. The first-order valence-electron chi connectivity index (χ1n) is 6.06. The summed E-state index contributed by atoms with van der Waals surface area (Å²) in [6, 6.07) is 6.76. The minimum atomic E-state index is -3.40. The molecule has 18 heavy (non-hydrogen) atoms. The Bertz CT molecular complexity index is 480. The van der Waals surface area contributed by atoms with E-state index in [4.69, 9.17) is 0 Å². The van der Waals surface area contributed by atoms with Gasteiger partial charge < -0.3 is 5.32 Å². The fourth-order valence-electron chi connectivity index (χ4n) is 1.60. The van der Waals surface area contributed by atoms with Gasteiger partial charge in [0.15, 0.2) is 0 Å². The summed E-state index contributed by atoms with van der Waals surface area (Å²) < 4.78 is 26.2. The highest BCUT2D eigenvalue weighted by Crippen LogP contribution is 2.21. The van der Waals surface area contributed by atoms with Gasteiger partial charge in [0.1, 0.15) is 0 Å². The second-order valence-corrected chi connectivity index (χ2v) is 6.78. The summed E-state index contributed by atoms with van der Waals surface area (Å²) >= 11 is 0. The Morgan fingerprint density at radius 1 is 1.11 bits per heavy atom. The maximum atomic E-state index is 12.4. The van der Waals surface area contributed by atoms with E-state index in [-0.39, 0.29) is 12.0 Å². The van der Waals surface area contributed by atoms with E-state index < -0.39 is 10.0 Å². The van der Waals surface area contributed by atoms with E-state index in [1.807, 2.05) is 20.8 Å². The summed E-state index contributed by atoms with van der Waals surface area (Å²) in [7, 11) is 0.0303. The van der Waals surface area contributed by atoms with Crippen molar-refractivity contribution < 1.29 is 8.42 Å². The molecule has 102 valence electrons. The van der Waals surface area contributed by atoms with Gasteiger partial charge in [0, 0.05) is 25.8 Å². The van der Waals surface area contributed by atoms with Crippen LogP contribution in [0.4, 0.5) is 5.69 Å². The lowest BCUT2D eigenvalue weighted by Crippen LogP contribution is -2.38. The van der Waals surface area contributed by atoms with Crippen molar-refractivity contribution in [1.82, 2.24) is 4.31 Å². The molecule has 1 aromatic carbocycles. The predicted octanol–water partition coefficient (Wildman–Crippen LogP) is 2.39. The highest BCUT2D eigenvalue weighted by Gasteiger charge is 2.26. The Kier molecular flexibility index (Phi) is 4.76. The molecule has 0 bridgehead atoms. The fourth-order valence-corrected chi connectivity index (χ4v) is 3.09. The molecule has 0 aliphatic heterocycles. The first kappa shape index (κ1) is 15.0. The first-order chi connectivity index (χ1) is 8.30. The van der Waals surface area contributed by atoms with Crippen molar-refractivity contribution in [3.63, 3.8) is 0 Å². The average molecular weight is 270 g/mol. The van der Waals surface area contributed by atoms with E-state index in [9.17, 15) is 8.42 Å². The van der Waals surface area contributed by atoms with Crippen LogP contribution in [0.2, 0.25) is 0 Å². The van der Waals surface area contributed by atoms with Crippen LogP contribution in [0, 0.1) is 5.92 Å². The van der Waals surface area contributed by atoms with Crippen LogP contribution in [0.15, 0.2) is 29.2 Å². The summed E-state index contributed by atoms with van der Waals surface area (Å²) in [6.07, 6.45) is 0. The first-order valence-corrected chi connectivity index (χ1v) is 7.50. The second kappa shape index (κ2) is 5.71. The van der Waals surface area contributed by atoms with Gasteiger partial charge in [-0.25, -0.2) is 8.42 Å². The lowest BCUT2D eigenvalue weighted by atomic mass is 10.1. The zero-order valence-corrected chi connectivity index (χ0v) is 12.5. The van der Waals surface area contributed by atoms with Gasteiger partial charge in [0.2, 0.25) is 10.0 Å².